The fourth-order valence-electron chi connectivity index (χ4n) is 1.56. The Balaban J connectivity index is 1.97. The predicted octanol–water partition coefficient (Wildman–Crippen LogP) is 4.96. The summed E-state index contributed by atoms with van der Waals surface area (Å²) in [4.78, 5) is 12.7. The largest absolute Gasteiger partial charge is 0.397 e. The van der Waals surface area contributed by atoms with Gasteiger partial charge >= 0.3 is 0 Å². The highest BCUT2D eigenvalue weighted by molar-refractivity contribution is 8.00. The third-order valence-corrected chi connectivity index (χ3v) is 4.51. The van der Waals surface area contributed by atoms with E-state index in [0.717, 1.165) is 4.90 Å². The molecule has 21 heavy (non-hydrogen) atoms. The van der Waals surface area contributed by atoms with Crippen molar-refractivity contribution in [2.75, 3.05) is 16.8 Å². The second kappa shape index (κ2) is 7.27. The van der Waals surface area contributed by atoms with Crippen LogP contribution in [0.5, 0.6) is 0 Å². The van der Waals surface area contributed by atoms with Crippen LogP contribution in [-0.2, 0) is 4.79 Å². The molecule has 3 nitrogen and oxygen atoms in total. The normalized spacial score (nSPS) is 10.4. The van der Waals surface area contributed by atoms with Crippen LogP contribution in [-0.4, -0.2) is 11.7 Å². The Morgan fingerprint density at radius 3 is 2.48 bits per heavy atom. The van der Waals surface area contributed by atoms with Gasteiger partial charge in [0.2, 0.25) is 5.91 Å². The van der Waals surface area contributed by atoms with Gasteiger partial charge in [-0.1, -0.05) is 34.8 Å². The molecule has 0 aliphatic heterocycles. The number of benzene rings is 2. The molecule has 110 valence electrons. The van der Waals surface area contributed by atoms with E-state index in [2.05, 4.69) is 5.32 Å². The van der Waals surface area contributed by atoms with Crippen molar-refractivity contribution in [1.29, 1.82) is 0 Å². The highest BCUT2D eigenvalue weighted by atomic mass is 35.5. The molecule has 2 aromatic carbocycles. The molecule has 0 spiro atoms. The maximum atomic E-state index is 11.9. The minimum absolute atomic E-state index is 0.190. The maximum Gasteiger partial charge on any atom is 0.234 e. The fourth-order valence-corrected chi connectivity index (χ4v) is 3.04. The van der Waals surface area contributed by atoms with Gasteiger partial charge in [-0.3, -0.25) is 4.79 Å². The van der Waals surface area contributed by atoms with E-state index < -0.39 is 0 Å². The van der Waals surface area contributed by atoms with E-state index in [4.69, 9.17) is 40.5 Å². The number of halogens is 3. The fraction of sp³-hybridized carbons (Fsp3) is 0.0714. The number of anilines is 2. The molecular weight excluding hydrogens is 351 g/mol. The van der Waals surface area contributed by atoms with E-state index in [9.17, 15) is 4.79 Å². The average molecular weight is 362 g/mol. The SMILES string of the molecule is Nc1cc(Cl)ccc1NC(=O)CSc1cc(Cl)ccc1Cl. The number of hydrogen-bond acceptors (Lipinski definition) is 3. The molecule has 2 rings (SSSR count). The molecule has 0 aliphatic carbocycles. The first-order chi connectivity index (χ1) is 9.95. The average Bonchev–Trinajstić information content (AvgIpc) is 2.43. The first-order valence-corrected chi connectivity index (χ1v) is 8.00. The van der Waals surface area contributed by atoms with Crippen molar-refractivity contribution in [2.45, 2.75) is 4.90 Å². The van der Waals surface area contributed by atoms with Gasteiger partial charge in [0.05, 0.1) is 22.2 Å². The van der Waals surface area contributed by atoms with E-state index in [-0.39, 0.29) is 11.7 Å². The Morgan fingerprint density at radius 1 is 1.10 bits per heavy atom. The predicted molar refractivity (Wildman–Crippen MR) is 91.7 cm³/mol. The third-order valence-electron chi connectivity index (χ3n) is 2.54. The van der Waals surface area contributed by atoms with Crippen LogP contribution >= 0.6 is 46.6 Å². The highest BCUT2D eigenvalue weighted by Crippen LogP contribution is 2.30. The molecule has 1 amide bonds. The number of hydrogen-bond donors (Lipinski definition) is 2. The molecule has 0 aromatic heterocycles. The van der Waals surface area contributed by atoms with Gasteiger partial charge in [0.25, 0.3) is 0 Å². The third kappa shape index (κ3) is 4.71. The number of carbonyl (C=O) groups excluding carboxylic acids is 1. The number of nitrogens with one attached hydrogen (secondary N) is 1. The lowest BCUT2D eigenvalue weighted by Crippen LogP contribution is -2.15. The molecule has 0 fully saturated rings. The van der Waals surface area contributed by atoms with Crippen LogP contribution in [0.1, 0.15) is 0 Å². The van der Waals surface area contributed by atoms with Gasteiger partial charge in [0, 0.05) is 14.9 Å². The monoisotopic (exact) mass is 360 g/mol. The van der Waals surface area contributed by atoms with Gasteiger partial charge in [0.1, 0.15) is 0 Å². The minimum atomic E-state index is -0.190. The summed E-state index contributed by atoms with van der Waals surface area (Å²) < 4.78 is 0. The van der Waals surface area contributed by atoms with Crippen molar-refractivity contribution in [3.05, 3.63) is 51.5 Å². The first-order valence-electron chi connectivity index (χ1n) is 5.88. The Bertz CT molecular complexity index is 679. The van der Waals surface area contributed by atoms with Crippen molar-refractivity contribution in [3.8, 4) is 0 Å². The first kappa shape index (κ1) is 16.3. The molecular formula is C14H11Cl3N2OS. The Morgan fingerprint density at radius 2 is 1.76 bits per heavy atom. The summed E-state index contributed by atoms with van der Waals surface area (Å²) >= 11 is 19.0. The molecule has 0 unspecified atom stereocenters. The number of amides is 1. The lowest BCUT2D eigenvalue weighted by Gasteiger charge is -2.09. The molecule has 0 bridgehead atoms. The molecule has 0 atom stereocenters. The topological polar surface area (TPSA) is 55.1 Å². The molecule has 3 N–H and O–H groups in total. The van der Waals surface area contributed by atoms with Gasteiger partial charge in [-0.2, -0.15) is 0 Å². The van der Waals surface area contributed by atoms with Crippen molar-refractivity contribution >= 4 is 63.8 Å². The van der Waals surface area contributed by atoms with E-state index in [0.29, 0.717) is 26.4 Å². The molecule has 0 saturated carbocycles. The molecule has 2 aromatic rings. The van der Waals surface area contributed by atoms with Gasteiger partial charge in [-0.25, -0.2) is 0 Å². The molecule has 7 heteroatoms. The van der Waals surface area contributed by atoms with E-state index >= 15 is 0 Å². The summed E-state index contributed by atoms with van der Waals surface area (Å²) in [5, 5.41) is 4.37. The van der Waals surface area contributed by atoms with Crippen LogP contribution in [0.25, 0.3) is 0 Å². The van der Waals surface area contributed by atoms with E-state index in [1.165, 1.54) is 11.8 Å². The van der Waals surface area contributed by atoms with Gasteiger partial charge < -0.3 is 11.1 Å². The summed E-state index contributed by atoms with van der Waals surface area (Å²) in [6, 6.07) is 10.0. The lowest BCUT2D eigenvalue weighted by atomic mass is 10.2. The second-order valence-corrected chi connectivity index (χ2v) is 6.44. The van der Waals surface area contributed by atoms with Gasteiger partial charge in [-0.05, 0) is 36.4 Å². The van der Waals surface area contributed by atoms with Crippen molar-refractivity contribution < 1.29 is 4.79 Å². The zero-order valence-electron chi connectivity index (χ0n) is 10.7. The maximum absolute atomic E-state index is 11.9. The van der Waals surface area contributed by atoms with Crippen LogP contribution < -0.4 is 11.1 Å². The molecule has 0 heterocycles. The van der Waals surface area contributed by atoms with Crippen molar-refractivity contribution in [3.63, 3.8) is 0 Å². The lowest BCUT2D eigenvalue weighted by molar-refractivity contribution is -0.113. The molecule has 0 radical (unpaired) electrons. The Kier molecular flexibility index (Phi) is 5.65. The van der Waals surface area contributed by atoms with E-state index in [1.54, 1.807) is 36.4 Å². The zero-order chi connectivity index (χ0) is 15.4. The summed E-state index contributed by atoms with van der Waals surface area (Å²) in [5.74, 6) is 0.00680. The van der Waals surface area contributed by atoms with Crippen LogP contribution in [0.15, 0.2) is 41.3 Å². The second-order valence-electron chi connectivity index (χ2n) is 4.14. The zero-order valence-corrected chi connectivity index (χ0v) is 13.8. The summed E-state index contributed by atoms with van der Waals surface area (Å²) in [6.07, 6.45) is 0. The van der Waals surface area contributed by atoms with Crippen LogP contribution in [0, 0.1) is 0 Å². The number of nitrogens with two attached hydrogens (primary N) is 1. The standard InChI is InChI=1S/C14H11Cl3N2OS/c15-8-2-4-12(11(18)5-8)19-14(20)7-21-13-6-9(16)1-3-10(13)17/h1-6H,7,18H2,(H,19,20). The summed E-state index contributed by atoms with van der Waals surface area (Å²) in [6.45, 7) is 0. The van der Waals surface area contributed by atoms with Gasteiger partial charge in [-0.15, -0.1) is 11.8 Å². The van der Waals surface area contributed by atoms with Crippen LogP contribution in [0.4, 0.5) is 11.4 Å². The molecule has 0 aliphatic rings. The summed E-state index contributed by atoms with van der Waals surface area (Å²) in [7, 11) is 0. The Hall–Kier alpha value is -1.07. The minimum Gasteiger partial charge on any atom is -0.397 e. The number of rotatable bonds is 4. The van der Waals surface area contributed by atoms with Crippen molar-refractivity contribution in [1.82, 2.24) is 0 Å². The van der Waals surface area contributed by atoms with E-state index in [1.807, 2.05) is 0 Å². The smallest absolute Gasteiger partial charge is 0.234 e. The number of carbonyl (C=O) groups is 1. The van der Waals surface area contributed by atoms with Crippen LogP contribution in [0.2, 0.25) is 15.1 Å². The quantitative estimate of drug-likeness (QED) is 0.598. The highest BCUT2D eigenvalue weighted by Gasteiger charge is 2.09. The van der Waals surface area contributed by atoms with Crippen molar-refractivity contribution in [2.24, 2.45) is 0 Å². The Labute approximate surface area is 141 Å². The van der Waals surface area contributed by atoms with Crippen LogP contribution in [0.3, 0.4) is 0 Å². The van der Waals surface area contributed by atoms with Gasteiger partial charge in [0.15, 0.2) is 0 Å². The summed E-state index contributed by atoms with van der Waals surface area (Å²) in [5.41, 5.74) is 6.72. The molecule has 0 saturated heterocycles. The number of thioether (sulfide) groups is 1. The number of nitrogen functional groups attached to an aromatic ring is 1.